The third-order valence-electron chi connectivity index (χ3n) is 2.50. The maximum atomic E-state index is 10.9. The van der Waals surface area contributed by atoms with Crippen molar-refractivity contribution in [3.05, 3.63) is 40.1 Å². The van der Waals surface area contributed by atoms with E-state index in [4.69, 9.17) is 5.73 Å². The highest BCUT2D eigenvalue weighted by molar-refractivity contribution is 5.91. The number of fused-ring (bicyclic) bond motifs is 1. The quantitative estimate of drug-likeness (QED) is 0.611. The van der Waals surface area contributed by atoms with Gasteiger partial charge in [0, 0.05) is 18.3 Å². The zero-order valence-electron chi connectivity index (χ0n) is 8.93. The highest BCUT2D eigenvalue weighted by atomic mass is 16.6. The molecule has 84 valence electrons. The molecule has 5 nitrogen and oxygen atoms in total. The number of hydrogen-bond donors (Lipinski definition) is 2. The van der Waals surface area contributed by atoms with Crippen molar-refractivity contribution < 1.29 is 4.92 Å². The number of benzene rings is 1. The molecule has 0 spiro atoms. The molecule has 0 aliphatic rings. The third kappa shape index (κ3) is 1.77. The second kappa shape index (κ2) is 3.94. The number of nitro groups is 1. The van der Waals surface area contributed by atoms with Crippen LogP contribution in [0.3, 0.4) is 0 Å². The first-order valence-corrected chi connectivity index (χ1v) is 5.08. The Balaban J connectivity index is 2.63. The van der Waals surface area contributed by atoms with E-state index in [0.29, 0.717) is 11.8 Å². The number of nitro benzene ring substituents is 1. The van der Waals surface area contributed by atoms with Gasteiger partial charge in [-0.25, -0.2) is 0 Å². The van der Waals surface area contributed by atoms with Gasteiger partial charge in [-0.2, -0.15) is 0 Å². The first kappa shape index (κ1) is 10.6. The summed E-state index contributed by atoms with van der Waals surface area (Å²) in [5.74, 6) is 0. The first-order chi connectivity index (χ1) is 7.59. The molecule has 0 amide bonds. The molecule has 2 rings (SSSR count). The number of nitrogens with two attached hydrogens (primary N) is 1. The average Bonchev–Trinajstić information content (AvgIpc) is 2.60. The number of aromatic nitrogens is 1. The molecule has 0 aliphatic carbocycles. The van der Waals surface area contributed by atoms with Crippen molar-refractivity contribution in [2.75, 3.05) is 0 Å². The van der Waals surface area contributed by atoms with Crippen molar-refractivity contribution in [3.8, 4) is 0 Å². The Kier molecular flexibility index (Phi) is 2.62. The molecule has 1 heterocycles. The molecule has 5 heteroatoms. The molecule has 0 saturated carbocycles. The van der Waals surface area contributed by atoms with E-state index in [0.717, 1.165) is 11.1 Å². The summed E-state index contributed by atoms with van der Waals surface area (Å²) in [5, 5.41) is 11.6. The van der Waals surface area contributed by atoms with Gasteiger partial charge in [0.05, 0.1) is 15.8 Å². The minimum Gasteiger partial charge on any atom is -0.361 e. The van der Waals surface area contributed by atoms with Gasteiger partial charge in [0.1, 0.15) is 0 Å². The van der Waals surface area contributed by atoms with E-state index in [1.54, 1.807) is 12.3 Å². The monoisotopic (exact) mass is 219 g/mol. The first-order valence-electron chi connectivity index (χ1n) is 5.08. The van der Waals surface area contributed by atoms with Crippen molar-refractivity contribution in [2.45, 2.75) is 19.4 Å². The van der Waals surface area contributed by atoms with Crippen LogP contribution >= 0.6 is 0 Å². The molecule has 0 radical (unpaired) electrons. The molecule has 0 aliphatic heterocycles. The molecule has 2 aromatic rings. The molecule has 1 atom stereocenters. The predicted molar refractivity (Wildman–Crippen MR) is 62.3 cm³/mol. The fourth-order valence-corrected chi connectivity index (χ4v) is 1.89. The van der Waals surface area contributed by atoms with Crippen LogP contribution in [0.2, 0.25) is 0 Å². The molecule has 3 N–H and O–H groups in total. The largest absolute Gasteiger partial charge is 0.361 e. The Labute approximate surface area is 92.4 Å². The van der Waals surface area contributed by atoms with Crippen molar-refractivity contribution in [1.82, 2.24) is 4.98 Å². The topological polar surface area (TPSA) is 85.0 Å². The number of nitrogens with zero attached hydrogens (tertiary/aromatic N) is 1. The van der Waals surface area contributed by atoms with Crippen molar-refractivity contribution in [2.24, 2.45) is 5.73 Å². The van der Waals surface area contributed by atoms with E-state index < -0.39 is 0 Å². The summed E-state index contributed by atoms with van der Waals surface area (Å²) < 4.78 is 0. The van der Waals surface area contributed by atoms with Crippen LogP contribution in [0.15, 0.2) is 24.4 Å². The fourth-order valence-electron chi connectivity index (χ4n) is 1.89. The summed E-state index contributed by atoms with van der Waals surface area (Å²) in [5.41, 5.74) is 7.53. The van der Waals surface area contributed by atoms with E-state index in [-0.39, 0.29) is 16.7 Å². The molecule has 1 aromatic heterocycles. The van der Waals surface area contributed by atoms with E-state index in [2.05, 4.69) is 4.98 Å². The third-order valence-corrected chi connectivity index (χ3v) is 2.50. The van der Waals surface area contributed by atoms with Crippen LogP contribution in [0.4, 0.5) is 5.69 Å². The van der Waals surface area contributed by atoms with Crippen molar-refractivity contribution in [3.63, 3.8) is 0 Å². The normalized spacial score (nSPS) is 12.9. The maximum absolute atomic E-state index is 10.9. The van der Waals surface area contributed by atoms with Crippen LogP contribution in [-0.4, -0.2) is 15.9 Å². The summed E-state index contributed by atoms with van der Waals surface area (Å²) in [4.78, 5) is 13.6. The molecule has 0 saturated heterocycles. The van der Waals surface area contributed by atoms with E-state index in [1.807, 2.05) is 13.0 Å². The Bertz CT molecular complexity index is 531. The van der Waals surface area contributed by atoms with Crippen LogP contribution in [0.1, 0.15) is 12.5 Å². The predicted octanol–water partition coefficient (Wildman–Crippen LogP) is 1.97. The smallest absolute Gasteiger partial charge is 0.279 e. The summed E-state index contributed by atoms with van der Waals surface area (Å²) in [6.45, 7) is 1.88. The SMILES string of the molecule is C[C@@H](N)Cc1c[nH]c2cccc([N+](=O)[O-])c12. The number of rotatable bonds is 3. The summed E-state index contributed by atoms with van der Waals surface area (Å²) in [6, 6.07) is 5.00. The van der Waals surface area contributed by atoms with E-state index in [1.165, 1.54) is 6.07 Å². The fraction of sp³-hybridized carbons (Fsp3) is 0.273. The zero-order valence-corrected chi connectivity index (χ0v) is 8.93. The lowest BCUT2D eigenvalue weighted by Gasteiger charge is -2.03. The van der Waals surface area contributed by atoms with Crippen LogP contribution in [-0.2, 0) is 6.42 Å². The van der Waals surface area contributed by atoms with Crippen LogP contribution in [0.25, 0.3) is 10.9 Å². The lowest BCUT2D eigenvalue weighted by atomic mass is 10.1. The Morgan fingerprint density at radius 3 is 2.94 bits per heavy atom. The molecular formula is C11H13N3O2. The molecule has 0 unspecified atom stereocenters. The van der Waals surface area contributed by atoms with Gasteiger partial charge in [-0.3, -0.25) is 10.1 Å². The molecule has 0 bridgehead atoms. The lowest BCUT2D eigenvalue weighted by molar-refractivity contribution is -0.383. The highest BCUT2D eigenvalue weighted by Crippen LogP contribution is 2.28. The highest BCUT2D eigenvalue weighted by Gasteiger charge is 2.16. The Morgan fingerprint density at radius 2 is 2.31 bits per heavy atom. The average molecular weight is 219 g/mol. The van der Waals surface area contributed by atoms with Crippen molar-refractivity contribution >= 4 is 16.6 Å². The van der Waals surface area contributed by atoms with Gasteiger partial charge in [0.15, 0.2) is 0 Å². The maximum Gasteiger partial charge on any atom is 0.279 e. The molecular weight excluding hydrogens is 206 g/mol. The van der Waals surface area contributed by atoms with Gasteiger partial charge >= 0.3 is 0 Å². The molecule has 16 heavy (non-hydrogen) atoms. The summed E-state index contributed by atoms with van der Waals surface area (Å²) in [6.07, 6.45) is 2.42. The molecule has 0 fully saturated rings. The van der Waals surface area contributed by atoms with Gasteiger partial charge in [0.25, 0.3) is 5.69 Å². The number of nitrogens with one attached hydrogen (secondary N) is 1. The number of non-ortho nitro benzene ring substituents is 1. The van der Waals surface area contributed by atoms with Gasteiger partial charge in [0.2, 0.25) is 0 Å². The number of aromatic amines is 1. The number of hydrogen-bond acceptors (Lipinski definition) is 3. The summed E-state index contributed by atoms with van der Waals surface area (Å²) >= 11 is 0. The van der Waals surface area contributed by atoms with Crippen LogP contribution in [0.5, 0.6) is 0 Å². The number of H-pyrrole nitrogens is 1. The minimum absolute atomic E-state index is 0.0150. The van der Waals surface area contributed by atoms with Gasteiger partial charge < -0.3 is 10.7 Å². The van der Waals surface area contributed by atoms with Crippen molar-refractivity contribution in [1.29, 1.82) is 0 Å². The van der Waals surface area contributed by atoms with Gasteiger partial charge in [-0.1, -0.05) is 6.07 Å². The van der Waals surface area contributed by atoms with Crippen LogP contribution in [0, 0.1) is 10.1 Å². The zero-order chi connectivity index (χ0) is 11.7. The lowest BCUT2D eigenvalue weighted by Crippen LogP contribution is -2.17. The molecule has 1 aromatic carbocycles. The van der Waals surface area contributed by atoms with E-state index in [9.17, 15) is 10.1 Å². The standard InChI is InChI=1S/C11H13N3O2/c1-7(12)5-8-6-13-9-3-2-4-10(11(8)9)14(15)16/h2-4,6-7,13H,5,12H2,1H3/t7-/m1/s1. The Hall–Kier alpha value is -1.88. The van der Waals surface area contributed by atoms with Gasteiger partial charge in [-0.15, -0.1) is 0 Å². The summed E-state index contributed by atoms with van der Waals surface area (Å²) in [7, 11) is 0. The Morgan fingerprint density at radius 1 is 1.56 bits per heavy atom. The van der Waals surface area contributed by atoms with Gasteiger partial charge in [-0.05, 0) is 25.0 Å². The second-order valence-corrected chi connectivity index (χ2v) is 3.95. The minimum atomic E-state index is -0.360. The second-order valence-electron chi connectivity index (χ2n) is 3.95. The van der Waals surface area contributed by atoms with E-state index >= 15 is 0 Å². The van der Waals surface area contributed by atoms with Crippen LogP contribution < -0.4 is 5.73 Å².